The van der Waals surface area contributed by atoms with Crippen molar-refractivity contribution in [2.45, 2.75) is 32.3 Å². The molecule has 7 heteroatoms. The van der Waals surface area contributed by atoms with Gasteiger partial charge in [-0.2, -0.15) is 13.2 Å². The molecule has 0 aromatic heterocycles. The Morgan fingerprint density at radius 2 is 1.56 bits per heavy atom. The Bertz CT molecular complexity index is 419. The van der Waals surface area contributed by atoms with Gasteiger partial charge in [-0.3, -0.25) is 0 Å². The zero-order valence-corrected chi connectivity index (χ0v) is 9.49. The lowest BCUT2D eigenvalue weighted by Gasteiger charge is -2.17. The van der Waals surface area contributed by atoms with Gasteiger partial charge in [0.25, 0.3) is 0 Å². The lowest BCUT2D eigenvalue weighted by molar-refractivity contribution is -0.274. The SMILES string of the molecule is CC(C)c1ccc(OC(F)(F)F)cc1C(F)(F)F. The number of ether oxygens (including phenoxy) is 1. The smallest absolute Gasteiger partial charge is 0.406 e. The van der Waals surface area contributed by atoms with E-state index in [4.69, 9.17) is 0 Å². The molecule has 1 aromatic carbocycles. The Kier molecular flexibility index (Phi) is 3.83. The lowest BCUT2D eigenvalue weighted by Crippen LogP contribution is -2.18. The predicted molar refractivity (Wildman–Crippen MR) is 52.2 cm³/mol. The standard InChI is InChI=1S/C11H10F6O/c1-6(2)8-4-3-7(18-11(15,16)17)5-9(8)10(12,13)14/h3-6H,1-2H3. The van der Waals surface area contributed by atoms with Gasteiger partial charge in [-0.05, 0) is 23.6 Å². The van der Waals surface area contributed by atoms with Crippen LogP contribution in [-0.4, -0.2) is 6.36 Å². The van der Waals surface area contributed by atoms with E-state index >= 15 is 0 Å². The van der Waals surface area contributed by atoms with E-state index in [0.717, 1.165) is 12.1 Å². The minimum atomic E-state index is -5.01. The van der Waals surface area contributed by atoms with E-state index in [2.05, 4.69) is 4.74 Å². The van der Waals surface area contributed by atoms with Gasteiger partial charge in [0.15, 0.2) is 0 Å². The molecule has 0 aliphatic carbocycles. The topological polar surface area (TPSA) is 9.23 Å². The number of benzene rings is 1. The number of alkyl halides is 6. The van der Waals surface area contributed by atoms with Crippen LogP contribution in [0.5, 0.6) is 5.75 Å². The molecule has 0 spiro atoms. The maximum absolute atomic E-state index is 12.7. The van der Waals surface area contributed by atoms with Crippen LogP contribution in [0.1, 0.15) is 30.9 Å². The van der Waals surface area contributed by atoms with Gasteiger partial charge in [0, 0.05) is 0 Å². The van der Waals surface area contributed by atoms with Crippen molar-refractivity contribution in [1.82, 2.24) is 0 Å². The van der Waals surface area contributed by atoms with Gasteiger partial charge in [-0.25, -0.2) is 0 Å². The first-order chi connectivity index (χ1) is 8.00. The summed E-state index contributed by atoms with van der Waals surface area (Å²) in [6.07, 6.45) is -9.73. The van der Waals surface area contributed by atoms with Crippen molar-refractivity contribution in [2.24, 2.45) is 0 Å². The zero-order chi connectivity index (χ0) is 14.1. The minimum absolute atomic E-state index is 0.0722. The highest BCUT2D eigenvalue weighted by Crippen LogP contribution is 2.38. The average Bonchev–Trinajstić information content (AvgIpc) is 2.13. The van der Waals surface area contributed by atoms with Gasteiger partial charge in [0.1, 0.15) is 5.75 Å². The molecule has 0 saturated carbocycles. The summed E-state index contributed by atoms with van der Waals surface area (Å²) in [5.41, 5.74) is -1.18. The molecular formula is C11H10F6O. The van der Waals surface area contributed by atoms with Crippen molar-refractivity contribution in [3.8, 4) is 5.75 Å². The van der Waals surface area contributed by atoms with Gasteiger partial charge in [-0.15, -0.1) is 13.2 Å². The van der Waals surface area contributed by atoms with Crippen LogP contribution < -0.4 is 4.74 Å². The Morgan fingerprint density at radius 1 is 1.00 bits per heavy atom. The number of hydrogen-bond acceptors (Lipinski definition) is 1. The normalized spacial score (nSPS) is 12.9. The van der Waals surface area contributed by atoms with Crippen molar-refractivity contribution in [3.63, 3.8) is 0 Å². The fourth-order valence-electron chi connectivity index (χ4n) is 1.48. The van der Waals surface area contributed by atoms with Crippen molar-refractivity contribution >= 4 is 0 Å². The molecule has 0 radical (unpaired) electrons. The molecule has 0 heterocycles. The van der Waals surface area contributed by atoms with Crippen LogP contribution in [0.2, 0.25) is 0 Å². The van der Waals surface area contributed by atoms with Gasteiger partial charge in [0.05, 0.1) is 5.56 Å². The largest absolute Gasteiger partial charge is 0.573 e. The zero-order valence-electron chi connectivity index (χ0n) is 9.49. The van der Waals surface area contributed by atoms with Crippen LogP contribution in [0.15, 0.2) is 18.2 Å². The molecule has 0 aliphatic rings. The number of halogens is 6. The van der Waals surface area contributed by atoms with Crippen LogP contribution in [0.4, 0.5) is 26.3 Å². The van der Waals surface area contributed by atoms with E-state index in [1.807, 2.05) is 0 Å². The molecule has 0 bridgehead atoms. The van der Waals surface area contributed by atoms with E-state index in [1.54, 1.807) is 0 Å². The van der Waals surface area contributed by atoms with Gasteiger partial charge < -0.3 is 4.74 Å². The van der Waals surface area contributed by atoms with Crippen LogP contribution in [0.3, 0.4) is 0 Å². The maximum atomic E-state index is 12.7. The van der Waals surface area contributed by atoms with Crippen LogP contribution in [-0.2, 0) is 6.18 Å². The van der Waals surface area contributed by atoms with Crippen LogP contribution in [0.25, 0.3) is 0 Å². The molecule has 0 saturated heterocycles. The van der Waals surface area contributed by atoms with E-state index < -0.39 is 29.8 Å². The summed E-state index contributed by atoms with van der Waals surface area (Å²) in [6, 6.07) is 2.23. The second-order valence-corrected chi connectivity index (χ2v) is 3.95. The van der Waals surface area contributed by atoms with Gasteiger partial charge in [-0.1, -0.05) is 19.9 Å². The Hall–Kier alpha value is -1.40. The minimum Gasteiger partial charge on any atom is -0.406 e. The second-order valence-electron chi connectivity index (χ2n) is 3.95. The molecule has 0 aliphatic heterocycles. The molecule has 1 rings (SSSR count). The second kappa shape index (κ2) is 4.70. The Balaban J connectivity index is 3.22. The molecule has 18 heavy (non-hydrogen) atoms. The first kappa shape index (κ1) is 14.7. The van der Waals surface area contributed by atoms with E-state index in [9.17, 15) is 26.3 Å². The molecule has 0 fully saturated rings. The molecule has 0 atom stereocenters. The van der Waals surface area contributed by atoms with Crippen molar-refractivity contribution < 1.29 is 31.1 Å². The summed E-state index contributed by atoms with van der Waals surface area (Å²) >= 11 is 0. The molecule has 0 amide bonds. The molecule has 0 N–H and O–H groups in total. The van der Waals surface area contributed by atoms with Crippen LogP contribution in [0, 0.1) is 0 Å². The highest BCUT2D eigenvalue weighted by Gasteiger charge is 2.36. The molecule has 102 valence electrons. The fraction of sp³-hybridized carbons (Fsp3) is 0.455. The molecule has 1 aromatic rings. The lowest BCUT2D eigenvalue weighted by atomic mass is 9.96. The summed E-state index contributed by atoms with van der Waals surface area (Å²) in [5.74, 6) is -1.33. The third kappa shape index (κ3) is 3.82. The van der Waals surface area contributed by atoms with Crippen molar-refractivity contribution in [1.29, 1.82) is 0 Å². The predicted octanol–water partition coefficient (Wildman–Crippen LogP) is 4.73. The van der Waals surface area contributed by atoms with Gasteiger partial charge >= 0.3 is 12.5 Å². The first-order valence-corrected chi connectivity index (χ1v) is 4.97. The van der Waals surface area contributed by atoms with E-state index in [0.29, 0.717) is 6.07 Å². The van der Waals surface area contributed by atoms with Crippen molar-refractivity contribution in [3.05, 3.63) is 29.3 Å². The molecule has 0 unspecified atom stereocenters. The molecule has 1 nitrogen and oxygen atoms in total. The average molecular weight is 272 g/mol. The van der Waals surface area contributed by atoms with E-state index in [1.165, 1.54) is 13.8 Å². The summed E-state index contributed by atoms with van der Waals surface area (Å²) in [5, 5.41) is 0. The van der Waals surface area contributed by atoms with Gasteiger partial charge in [0.2, 0.25) is 0 Å². The maximum Gasteiger partial charge on any atom is 0.573 e. The highest BCUT2D eigenvalue weighted by molar-refractivity contribution is 5.39. The number of rotatable bonds is 2. The third-order valence-corrected chi connectivity index (χ3v) is 2.19. The summed E-state index contributed by atoms with van der Waals surface area (Å²) in [7, 11) is 0. The monoisotopic (exact) mass is 272 g/mol. The summed E-state index contributed by atoms with van der Waals surface area (Å²) in [6.45, 7) is 3.05. The fourth-order valence-corrected chi connectivity index (χ4v) is 1.48. The summed E-state index contributed by atoms with van der Waals surface area (Å²) in [4.78, 5) is 0. The Morgan fingerprint density at radius 3 is 1.94 bits per heavy atom. The van der Waals surface area contributed by atoms with Crippen LogP contribution >= 0.6 is 0 Å². The first-order valence-electron chi connectivity index (χ1n) is 4.97. The molecular weight excluding hydrogens is 262 g/mol. The van der Waals surface area contributed by atoms with Crippen molar-refractivity contribution in [2.75, 3.05) is 0 Å². The third-order valence-electron chi connectivity index (χ3n) is 2.19. The van der Waals surface area contributed by atoms with E-state index in [-0.39, 0.29) is 5.56 Å². The highest BCUT2D eigenvalue weighted by atomic mass is 19.4. The number of hydrogen-bond donors (Lipinski definition) is 0. The quantitative estimate of drug-likeness (QED) is 0.707. The summed E-state index contributed by atoms with van der Waals surface area (Å²) < 4.78 is 77.3. The Labute approximate surface area is 99.4 Å².